The van der Waals surface area contributed by atoms with Crippen molar-refractivity contribution in [2.24, 2.45) is 5.92 Å². The van der Waals surface area contributed by atoms with Gasteiger partial charge in [0.15, 0.2) is 18.1 Å². The van der Waals surface area contributed by atoms with Crippen molar-refractivity contribution in [3.8, 4) is 11.5 Å². The largest absolute Gasteiger partial charge is 0.493 e. The van der Waals surface area contributed by atoms with Gasteiger partial charge < -0.3 is 19.1 Å². The van der Waals surface area contributed by atoms with Crippen LogP contribution in [0.5, 0.6) is 11.5 Å². The summed E-state index contributed by atoms with van der Waals surface area (Å²) in [5.74, 6) is 1.70. The van der Waals surface area contributed by atoms with Gasteiger partial charge in [0.2, 0.25) is 0 Å². The molecule has 1 aromatic rings. The quantitative estimate of drug-likeness (QED) is 0.692. The summed E-state index contributed by atoms with van der Waals surface area (Å²) in [7, 11) is 1.59. The molecule has 0 bridgehead atoms. The van der Waals surface area contributed by atoms with E-state index in [0.29, 0.717) is 17.4 Å². The molecular formula is C17H25NO4. The zero-order valence-corrected chi connectivity index (χ0v) is 13.4. The van der Waals surface area contributed by atoms with E-state index in [-0.39, 0.29) is 12.5 Å². The molecule has 0 saturated carbocycles. The van der Waals surface area contributed by atoms with E-state index >= 15 is 0 Å². The van der Waals surface area contributed by atoms with Gasteiger partial charge in [0, 0.05) is 25.6 Å². The standard InChI is InChI=1S/C17H25NO4/c1-3-10-21-12-14-8-9-18(11-14)17(19)13-22-16-7-5-4-6-15(16)20-2/h4-7,14H,3,8-13H2,1-2H3. The summed E-state index contributed by atoms with van der Waals surface area (Å²) in [5.41, 5.74) is 0. The second kappa shape index (κ2) is 8.63. The molecule has 1 aliphatic rings. The summed E-state index contributed by atoms with van der Waals surface area (Å²) in [6.45, 7) is 5.22. The van der Waals surface area contributed by atoms with Crippen molar-refractivity contribution >= 4 is 5.91 Å². The van der Waals surface area contributed by atoms with Crippen LogP contribution in [0.2, 0.25) is 0 Å². The minimum absolute atomic E-state index is 0.0175. The summed E-state index contributed by atoms with van der Waals surface area (Å²) < 4.78 is 16.4. The highest BCUT2D eigenvalue weighted by Gasteiger charge is 2.26. The van der Waals surface area contributed by atoms with Crippen LogP contribution in [0.15, 0.2) is 24.3 Å². The fourth-order valence-corrected chi connectivity index (χ4v) is 2.56. The molecule has 5 heteroatoms. The maximum Gasteiger partial charge on any atom is 0.260 e. The van der Waals surface area contributed by atoms with E-state index in [0.717, 1.165) is 39.1 Å². The minimum Gasteiger partial charge on any atom is -0.493 e. The SMILES string of the molecule is CCCOCC1CCN(C(=O)COc2ccccc2OC)C1. The first-order valence-electron chi connectivity index (χ1n) is 7.86. The number of nitrogens with zero attached hydrogens (tertiary/aromatic N) is 1. The molecule has 0 aliphatic carbocycles. The molecule has 0 N–H and O–H groups in total. The van der Waals surface area contributed by atoms with Gasteiger partial charge in [-0.1, -0.05) is 19.1 Å². The van der Waals surface area contributed by atoms with Crippen molar-refractivity contribution in [2.75, 3.05) is 40.0 Å². The number of carbonyl (C=O) groups excluding carboxylic acids is 1. The van der Waals surface area contributed by atoms with Gasteiger partial charge in [-0.3, -0.25) is 4.79 Å². The number of likely N-dealkylation sites (tertiary alicyclic amines) is 1. The molecule has 22 heavy (non-hydrogen) atoms. The molecule has 1 saturated heterocycles. The molecule has 1 aromatic carbocycles. The molecule has 0 spiro atoms. The molecule has 2 rings (SSSR count). The van der Waals surface area contributed by atoms with Crippen molar-refractivity contribution in [1.29, 1.82) is 0 Å². The molecule has 5 nitrogen and oxygen atoms in total. The lowest BCUT2D eigenvalue weighted by Gasteiger charge is -2.17. The Labute approximate surface area is 132 Å². The van der Waals surface area contributed by atoms with Crippen LogP contribution >= 0.6 is 0 Å². The van der Waals surface area contributed by atoms with Crippen LogP contribution in [0.4, 0.5) is 0 Å². The first-order valence-corrected chi connectivity index (χ1v) is 7.86. The van der Waals surface area contributed by atoms with Crippen molar-refractivity contribution in [2.45, 2.75) is 19.8 Å². The van der Waals surface area contributed by atoms with E-state index < -0.39 is 0 Å². The zero-order chi connectivity index (χ0) is 15.8. The summed E-state index contributed by atoms with van der Waals surface area (Å²) >= 11 is 0. The van der Waals surface area contributed by atoms with Crippen molar-refractivity contribution in [3.63, 3.8) is 0 Å². The average molecular weight is 307 g/mol. The molecule has 0 aromatic heterocycles. The Kier molecular flexibility index (Phi) is 6.52. The predicted molar refractivity (Wildman–Crippen MR) is 84.3 cm³/mol. The van der Waals surface area contributed by atoms with E-state index in [1.165, 1.54) is 0 Å². The Hall–Kier alpha value is -1.75. The van der Waals surface area contributed by atoms with E-state index in [9.17, 15) is 4.79 Å². The number of ether oxygens (including phenoxy) is 3. The zero-order valence-electron chi connectivity index (χ0n) is 13.4. The van der Waals surface area contributed by atoms with Crippen LogP contribution < -0.4 is 9.47 Å². The summed E-state index contributed by atoms with van der Waals surface area (Å²) in [5, 5.41) is 0. The van der Waals surface area contributed by atoms with Crippen LogP contribution in [0, 0.1) is 5.92 Å². The van der Waals surface area contributed by atoms with E-state index in [1.807, 2.05) is 23.1 Å². The first kappa shape index (κ1) is 16.6. The number of carbonyl (C=O) groups is 1. The van der Waals surface area contributed by atoms with E-state index in [1.54, 1.807) is 13.2 Å². The minimum atomic E-state index is 0.0175. The number of hydrogen-bond donors (Lipinski definition) is 0. The predicted octanol–water partition coefficient (Wildman–Crippen LogP) is 2.35. The topological polar surface area (TPSA) is 48.0 Å². The third kappa shape index (κ3) is 4.63. The van der Waals surface area contributed by atoms with Gasteiger partial charge in [-0.2, -0.15) is 0 Å². The maximum atomic E-state index is 12.2. The van der Waals surface area contributed by atoms with Gasteiger partial charge >= 0.3 is 0 Å². The molecule has 122 valence electrons. The van der Waals surface area contributed by atoms with Crippen molar-refractivity contribution in [3.05, 3.63) is 24.3 Å². The average Bonchev–Trinajstić information content (AvgIpc) is 3.02. The fourth-order valence-electron chi connectivity index (χ4n) is 2.56. The number of methoxy groups -OCH3 is 1. The van der Waals surface area contributed by atoms with Gasteiger partial charge in [-0.05, 0) is 25.0 Å². The Balaban J connectivity index is 1.76. The van der Waals surface area contributed by atoms with Crippen LogP contribution in [-0.4, -0.2) is 50.8 Å². The summed E-state index contributed by atoms with van der Waals surface area (Å²) in [4.78, 5) is 14.1. The normalized spacial score (nSPS) is 17.5. The van der Waals surface area contributed by atoms with Crippen molar-refractivity contribution < 1.29 is 19.0 Å². The Bertz CT molecular complexity index is 477. The van der Waals surface area contributed by atoms with Gasteiger partial charge in [-0.25, -0.2) is 0 Å². The molecule has 1 atom stereocenters. The van der Waals surface area contributed by atoms with Crippen LogP contribution in [0.25, 0.3) is 0 Å². The monoisotopic (exact) mass is 307 g/mol. The lowest BCUT2D eigenvalue weighted by Crippen LogP contribution is -2.33. The fraction of sp³-hybridized carbons (Fsp3) is 0.588. The van der Waals surface area contributed by atoms with Gasteiger partial charge in [0.05, 0.1) is 13.7 Å². The number of para-hydroxylation sites is 2. The molecule has 1 heterocycles. The van der Waals surface area contributed by atoms with Gasteiger partial charge in [-0.15, -0.1) is 0 Å². The lowest BCUT2D eigenvalue weighted by atomic mass is 10.1. The smallest absolute Gasteiger partial charge is 0.260 e. The first-order chi connectivity index (χ1) is 10.7. The Morgan fingerprint density at radius 2 is 2.09 bits per heavy atom. The maximum absolute atomic E-state index is 12.2. The second-order valence-electron chi connectivity index (χ2n) is 5.51. The van der Waals surface area contributed by atoms with Gasteiger partial charge in [0.25, 0.3) is 5.91 Å². The highest BCUT2D eigenvalue weighted by Crippen LogP contribution is 2.26. The number of rotatable bonds is 8. The molecular weight excluding hydrogens is 282 g/mol. The molecule has 1 fully saturated rings. The molecule has 0 radical (unpaired) electrons. The highest BCUT2D eigenvalue weighted by atomic mass is 16.5. The van der Waals surface area contributed by atoms with Gasteiger partial charge in [0.1, 0.15) is 0 Å². The van der Waals surface area contributed by atoms with Crippen molar-refractivity contribution in [1.82, 2.24) is 4.90 Å². The number of hydrogen-bond acceptors (Lipinski definition) is 4. The van der Waals surface area contributed by atoms with E-state index in [4.69, 9.17) is 14.2 Å². The van der Waals surface area contributed by atoms with Crippen LogP contribution in [0.3, 0.4) is 0 Å². The summed E-state index contributed by atoms with van der Waals surface area (Å²) in [6.07, 6.45) is 2.03. The molecule has 1 aliphatic heterocycles. The summed E-state index contributed by atoms with van der Waals surface area (Å²) in [6, 6.07) is 7.35. The molecule has 1 amide bonds. The molecule has 1 unspecified atom stereocenters. The third-order valence-electron chi connectivity index (χ3n) is 3.76. The van der Waals surface area contributed by atoms with E-state index in [2.05, 4.69) is 6.92 Å². The second-order valence-corrected chi connectivity index (χ2v) is 5.51. The number of amides is 1. The van der Waals surface area contributed by atoms with Crippen LogP contribution in [0.1, 0.15) is 19.8 Å². The van der Waals surface area contributed by atoms with Crippen LogP contribution in [-0.2, 0) is 9.53 Å². The Morgan fingerprint density at radius 3 is 2.82 bits per heavy atom. The Morgan fingerprint density at radius 1 is 1.32 bits per heavy atom. The number of benzene rings is 1. The third-order valence-corrected chi connectivity index (χ3v) is 3.76. The highest BCUT2D eigenvalue weighted by molar-refractivity contribution is 5.78. The lowest BCUT2D eigenvalue weighted by molar-refractivity contribution is -0.132.